The van der Waals surface area contributed by atoms with Crippen molar-refractivity contribution in [2.24, 2.45) is 0 Å². The van der Waals surface area contributed by atoms with Crippen molar-refractivity contribution in [3.63, 3.8) is 0 Å². The summed E-state index contributed by atoms with van der Waals surface area (Å²) >= 11 is 0. The van der Waals surface area contributed by atoms with Crippen LogP contribution in [0.4, 0.5) is 15.8 Å². The van der Waals surface area contributed by atoms with Crippen LogP contribution in [-0.2, 0) is 13.1 Å². The average Bonchev–Trinajstić information content (AvgIpc) is 2.85. The lowest BCUT2D eigenvalue weighted by atomic mass is 10.2. The van der Waals surface area contributed by atoms with Crippen molar-refractivity contribution in [3.8, 4) is 0 Å². The van der Waals surface area contributed by atoms with E-state index in [4.69, 9.17) is 0 Å². The third-order valence-electron chi connectivity index (χ3n) is 3.13. The van der Waals surface area contributed by atoms with Gasteiger partial charge in [-0.3, -0.25) is 10.1 Å². The minimum absolute atomic E-state index is 0.277. The molecule has 2 heterocycles. The standard InChI is InChI=1S/C11H10FN5O2/c12-8-2-1-3-9(11(8)17(18)19)15-4-5-16-7-13-14-10(16)6-15/h1-3,7H,4-6H2. The van der Waals surface area contributed by atoms with E-state index in [9.17, 15) is 14.5 Å². The molecule has 0 fully saturated rings. The monoisotopic (exact) mass is 263 g/mol. The van der Waals surface area contributed by atoms with Crippen molar-refractivity contribution in [1.82, 2.24) is 14.8 Å². The van der Waals surface area contributed by atoms with Gasteiger partial charge in [-0.1, -0.05) is 6.07 Å². The van der Waals surface area contributed by atoms with Crippen LogP contribution in [0.1, 0.15) is 5.82 Å². The van der Waals surface area contributed by atoms with Gasteiger partial charge < -0.3 is 9.47 Å². The minimum atomic E-state index is -0.824. The highest BCUT2D eigenvalue weighted by molar-refractivity contribution is 5.64. The summed E-state index contributed by atoms with van der Waals surface area (Å²) in [4.78, 5) is 12.0. The Morgan fingerprint density at radius 2 is 2.21 bits per heavy atom. The molecule has 0 spiro atoms. The van der Waals surface area contributed by atoms with Gasteiger partial charge in [-0.05, 0) is 12.1 Å². The molecule has 0 N–H and O–H groups in total. The van der Waals surface area contributed by atoms with Crippen LogP contribution in [0.2, 0.25) is 0 Å². The normalized spacial score (nSPS) is 14.3. The fourth-order valence-corrected chi connectivity index (χ4v) is 2.21. The van der Waals surface area contributed by atoms with Crippen molar-refractivity contribution >= 4 is 11.4 Å². The van der Waals surface area contributed by atoms with Gasteiger partial charge in [-0.25, -0.2) is 0 Å². The molecule has 0 bridgehead atoms. The van der Waals surface area contributed by atoms with E-state index in [2.05, 4.69) is 10.2 Å². The van der Waals surface area contributed by atoms with E-state index in [1.807, 2.05) is 4.57 Å². The van der Waals surface area contributed by atoms with Crippen LogP contribution in [0.3, 0.4) is 0 Å². The Balaban J connectivity index is 2.00. The second kappa shape index (κ2) is 4.30. The molecule has 3 rings (SSSR count). The number of anilines is 1. The molecule has 0 saturated heterocycles. The second-order valence-corrected chi connectivity index (χ2v) is 4.23. The number of nitro benzene ring substituents is 1. The maximum atomic E-state index is 13.6. The van der Waals surface area contributed by atoms with Gasteiger partial charge in [-0.15, -0.1) is 10.2 Å². The number of hydrogen-bond donors (Lipinski definition) is 0. The Bertz CT molecular complexity index is 642. The predicted molar refractivity (Wildman–Crippen MR) is 64.1 cm³/mol. The number of aromatic nitrogens is 3. The summed E-state index contributed by atoms with van der Waals surface area (Å²) in [6.07, 6.45) is 1.62. The number of rotatable bonds is 2. The molecule has 0 atom stereocenters. The molecule has 1 aliphatic heterocycles. The summed E-state index contributed by atoms with van der Waals surface area (Å²) in [6.45, 7) is 1.55. The van der Waals surface area contributed by atoms with Crippen molar-refractivity contribution in [3.05, 3.63) is 46.3 Å². The number of nitrogens with zero attached hydrogens (tertiary/aromatic N) is 5. The van der Waals surface area contributed by atoms with E-state index in [-0.39, 0.29) is 5.69 Å². The second-order valence-electron chi connectivity index (χ2n) is 4.23. The van der Waals surface area contributed by atoms with Gasteiger partial charge in [0.15, 0.2) is 5.82 Å². The highest BCUT2D eigenvalue weighted by atomic mass is 19.1. The highest BCUT2D eigenvalue weighted by Gasteiger charge is 2.27. The molecule has 8 heteroatoms. The van der Waals surface area contributed by atoms with Crippen molar-refractivity contribution < 1.29 is 9.31 Å². The Morgan fingerprint density at radius 3 is 3.00 bits per heavy atom. The van der Waals surface area contributed by atoms with Crippen LogP contribution in [0.25, 0.3) is 0 Å². The fourth-order valence-electron chi connectivity index (χ4n) is 2.21. The summed E-state index contributed by atoms with van der Waals surface area (Å²) < 4.78 is 15.5. The summed E-state index contributed by atoms with van der Waals surface area (Å²) in [5.74, 6) is -0.112. The first-order valence-electron chi connectivity index (χ1n) is 5.71. The quantitative estimate of drug-likeness (QED) is 0.603. The summed E-state index contributed by atoms with van der Waals surface area (Å²) in [6, 6.07) is 4.11. The van der Waals surface area contributed by atoms with E-state index in [0.29, 0.717) is 25.5 Å². The summed E-state index contributed by atoms with van der Waals surface area (Å²) in [5, 5.41) is 18.7. The van der Waals surface area contributed by atoms with Crippen LogP contribution in [0.5, 0.6) is 0 Å². The van der Waals surface area contributed by atoms with Gasteiger partial charge >= 0.3 is 5.69 Å². The lowest BCUT2D eigenvalue weighted by Crippen LogP contribution is -2.34. The highest BCUT2D eigenvalue weighted by Crippen LogP contribution is 2.32. The molecule has 19 heavy (non-hydrogen) atoms. The molecule has 1 aliphatic rings. The zero-order chi connectivity index (χ0) is 13.4. The Hall–Kier alpha value is -2.51. The third-order valence-corrected chi connectivity index (χ3v) is 3.13. The number of para-hydroxylation sites is 1. The molecule has 0 saturated carbocycles. The SMILES string of the molecule is O=[N+]([O-])c1c(F)cccc1N1CCn2cnnc2C1. The Morgan fingerprint density at radius 1 is 1.37 bits per heavy atom. The predicted octanol–water partition coefficient (Wildman–Crippen LogP) is 1.35. The van der Waals surface area contributed by atoms with Crippen LogP contribution in [0, 0.1) is 15.9 Å². The van der Waals surface area contributed by atoms with E-state index in [1.165, 1.54) is 6.07 Å². The van der Waals surface area contributed by atoms with Crippen LogP contribution >= 0.6 is 0 Å². The summed E-state index contributed by atoms with van der Waals surface area (Å²) in [5.41, 5.74) is -0.213. The molecule has 1 aromatic carbocycles. The first-order valence-corrected chi connectivity index (χ1v) is 5.71. The van der Waals surface area contributed by atoms with Crippen LogP contribution in [0.15, 0.2) is 24.5 Å². The lowest BCUT2D eigenvalue weighted by Gasteiger charge is -2.28. The van der Waals surface area contributed by atoms with Gasteiger partial charge in [0.1, 0.15) is 12.0 Å². The first kappa shape index (κ1) is 11.6. The van der Waals surface area contributed by atoms with Gasteiger partial charge in [0, 0.05) is 13.1 Å². The van der Waals surface area contributed by atoms with Gasteiger partial charge in [-0.2, -0.15) is 4.39 Å². The van der Waals surface area contributed by atoms with Crippen LogP contribution in [-0.4, -0.2) is 26.2 Å². The topological polar surface area (TPSA) is 77.1 Å². The number of fused-ring (bicyclic) bond motifs is 1. The molecule has 0 amide bonds. The van der Waals surface area contributed by atoms with Crippen LogP contribution < -0.4 is 4.90 Å². The molecule has 0 radical (unpaired) electrons. The number of hydrogen-bond acceptors (Lipinski definition) is 5. The smallest absolute Gasteiger partial charge is 0.327 e. The minimum Gasteiger partial charge on any atom is -0.357 e. The number of nitro groups is 1. The van der Waals surface area contributed by atoms with E-state index >= 15 is 0 Å². The molecule has 2 aromatic rings. The molecular weight excluding hydrogens is 253 g/mol. The molecule has 7 nitrogen and oxygen atoms in total. The number of benzene rings is 1. The van der Waals surface area contributed by atoms with E-state index in [0.717, 1.165) is 6.07 Å². The molecule has 0 aliphatic carbocycles. The fraction of sp³-hybridized carbons (Fsp3) is 0.273. The maximum Gasteiger partial charge on any atom is 0.327 e. The van der Waals surface area contributed by atoms with Crippen molar-refractivity contribution in [2.45, 2.75) is 13.1 Å². The molecule has 0 unspecified atom stereocenters. The molecule has 98 valence electrons. The average molecular weight is 263 g/mol. The van der Waals surface area contributed by atoms with Gasteiger partial charge in [0.05, 0.1) is 11.5 Å². The maximum absolute atomic E-state index is 13.6. The Kier molecular flexibility index (Phi) is 2.62. The largest absolute Gasteiger partial charge is 0.357 e. The first-order chi connectivity index (χ1) is 9.16. The van der Waals surface area contributed by atoms with Crippen molar-refractivity contribution in [2.75, 3.05) is 11.4 Å². The number of halogens is 1. The zero-order valence-corrected chi connectivity index (χ0v) is 9.86. The van der Waals surface area contributed by atoms with Gasteiger partial charge in [0.2, 0.25) is 5.82 Å². The molecular formula is C11H10FN5O2. The Labute approximate surface area is 107 Å². The molecule has 1 aromatic heterocycles. The zero-order valence-electron chi connectivity index (χ0n) is 9.86. The van der Waals surface area contributed by atoms with Crippen molar-refractivity contribution in [1.29, 1.82) is 0 Å². The third kappa shape index (κ3) is 1.90. The van der Waals surface area contributed by atoms with E-state index in [1.54, 1.807) is 17.3 Å². The van der Waals surface area contributed by atoms with E-state index < -0.39 is 16.4 Å². The lowest BCUT2D eigenvalue weighted by molar-refractivity contribution is -0.386. The van der Waals surface area contributed by atoms with Gasteiger partial charge in [0.25, 0.3) is 0 Å². The summed E-state index contributed by atoms with van der Waals surface area (Å²) in [7, 11) is 0.